The van der Waals surface area contributed by atoms with E-state index < -0.39 is 0 Å². The van der Waals surface area contributed by atoms with Crippen molar-refractivity contribution in [1.29, 1.82) is 0 Å². The number of aromatic nitrogens is 2. The van der Waals surface area contributed by atoms with E-state index in [0.717, 1.165) is 49.0 Å². The van der Waals surface area contributed by atoms with Gasteiger partial charge in [-0.25, -0.2) is 4.68 Å². The number of nitrogens with one attached hydrogen (secondary N) is 1. The SMILES string of the molecule is Cc1ccc(-n2nc(C(=O)NCC(=O)OCC3CC3)c3c2CCC3)cc1. The number of rotatable bonds is 6. The van der Waals surface area contributed by atoms with Gasteiger partial charge >= 0.3 is 5.97 Å². The smallest absolute Gasteiger partial charge is 0.325 e. The molecular weight excluding hydrogens is 330 g/mol. The van der Waals surface area contributed by atoms with E-state index in [1.807, 2.05) is 35.9 Å². The highest BCUT2D eigenvalue weighted by Crippen LogP contribution is 2.29. The molecule has 1 aromatic carbocycles. The van der Waals surface area contributed by atoms with E-state index in [4.69, 9.17) is 4.74 Å². The monoisotopic (exact) mass is 353 g/mol. The summed E-state index contributed by atoms with van der Waals surface area (Å²) in [6.45, 7) is 2.39. The lowest BCUT2D eigenvalue weighted by Gasteiger charge is -2.06. The van der Waals surface area contributed by atoms with Crippen LogP contribution in [0.5, 0.6) is 0 Å². The predicted octanol–water partition coefficient (Wildman–Crippen LogP) is 2.35. The largest absolute Gasteiger partial charge is 0.464 e. The molecule has 26 heavy (non-hydrogen) atoms. The van der Waals surface area contributed by atoms with Crippen LogP contribution in [0.15, 0.2) is 24.3 Å². The lowest BCUT2D eigenvalue weighted by Crippen LogP contribution is -2.31. The lowest BCUT2D eigenvalue weighted by molar-refractivity contribution is -0.142. The maximum absolute atomic E-state index is 12.6. The van der Waals surface area contributed by atoms with Crippen molar-refractivity contribution in [2.45, 2.75) is 39.0 Å². The van der Waals surface area contributed by atoms with Crippen LogP contribution in [0.4, 0.5) is 0 Å². The minimum Gasteiger partial charge on any atom is -0.464 e. The summed E-state index contributed by atoms with van der Waals surface area (Å²) in [4.78, 5) is 24.3. The van der Waals surface area contributed by atoms with E-state index in [-0.39, 0.29) is 18.4 Å². The maximum Gasteiger partial charge on any atom is 0.325 e. The van der Waals surface area contributed by atoms with Crippen molar-refractivity contribution in [3.05, 3.63) is 46.8 Å². The topological polar surface area (TPSA) is 73.2 Å². The highest BCUT2D eigenvalue weighted by molar-refractivity contribution is 5.96. The molecule has 0 spiro atoms. The van der Waals surface area contributed by atoms with E-state index in [0.29, 0.717) is 18.2 Å². The molecule has 1 aromatic heterocycles. The molecule has 0 saturated heterocycles. The first-order valence-corrected chi connectivity index (χ1v) is 9.23. The molecule has 1 N–H and O–H groups in total. The molecule has 0 atom stereocenters. The third kappa shape index (κ3) is 3.49. The molecule has 6 heteroatoms. The number of nitrogens with zero attached hydrogens (tertiary/aromatic N) is 2. The van der Waals surface area contributed by atoms with Gasteiger partial charge in [0.05, 0.1) is 12.3 Å². The fourth-order valence-electron chi connectivity index (χ4n) is 3.30. The molecule has 1 saturated carbocycles. The molecule has 4 rings (SSSR count). The Hall–Kier alpha value is -2.63. The summed E-state index contributed by atoms with van der Waals surface area (Å²) in [6.07, 6.45) is 5.02. The van der Waals surface area contributed by atoms with Crippen LogP contribution in [0.2, 0.25) is 0 Å². The van der Waals surface area contributed by atoms with Gasteiger partial charge in [-0.05, 0) is 57.1 Å². The van der Waals surface area contributed by atoms with Crippen LogP contribution in [0.3, 0.4) is 0 Å². The first kappa shape index (κ1) is 16.8. The zero-order valence-corrected chi connectivity index (χ0v) is 15.0. The molecule has 0 unspecified atom stereocenters. The van der Waals surface area contributed by atoms with Crippen molar-refractivity contribution < 1.29 is 14.3 Å². The van der Waals surface area contributed by atoms with Gasteiger partial charge in [-0.3, -0.25) is 9.59 Å². The van der Waals surface area contributed by atoms with E-state index in [9.17, 15) is 9.59 Å². The van der Waals surface area contributed by atoms with Gasteiger partial charge in [0.1, 0.15) is 6.54 Å². The first-order chi connectivity index (χ1) is 12.6. The average Bonchev–Trinajstić information content (AvgIpc) is 3.22. The van der Waals surface area contributed by atoms with Crippen molar-refractivity contribution in [2.24, 2.45) is 5.92 Å². The highest BCUT2D eigenvalue weighted by Gasteiger charge is 2.27. The van der Waals surface area contributed by atoms with Crippen molar-refractivity contribution >= 4 is 11.9 Å². The Morgan fingerprint density at radius 2 is 2.00 bits per heavy atom. The van der Waals surface area contributed by atoms with Crippen LogP contribution in [-0.4, -0.2) is 34.8 Å². The molecule has 0 bridgehead atoms. The lowest BCUT2D eigenvalue weighted by atomic mass is 10.2. The Balaban J connectivity index is 1.47. The molecule has 1 amide bonds. The Kier molecular flexibility index (Phi) is 4.49. The van der Waals surface area contributed by atoms with Crippen molar-refractivity contribution in [2.75, 3.05) is 13.2 Å². The van der Waals surface area contributed by atoms with Crippen LogP contribution in [-0.2, 0) is 22.4 Å². The second-order valence-corrected chi connectivity index (χ2v) is 7.18. The van der Waals surface area contributed by atoms with E-state index >= 15 is 0 Å². The second-order valence-electron chi connectivity index (χ2n) is 7.18. The number of hydrogen-bond acceptors (Lipinski definition) is 4. The van der Waals surface area contributed by atoms with E-state index in [2.05, 4.69) is 10.4 Å². The normalized spacial score (nSPS) is 15.6. The van der Waals surface area contributed by atoms with Crippen molar-refractivity contribution in [1.82, 2.24) is 15.1 Å². The summed E-state index contributed by atoms with van der Waals surface area (Å²) < 4.78 is 7.01. The summed E-state index contributed by atoms with van der Waals surface area (Å²) in [5, 5.41) is 7.20. The number of aryl methyl sites for hydroxylation is 1. The number of ether oxygens (including phenoxy) is 1. The van der Waals surface area contributed by atoms with Gasteiger partial charge in [0.15, 0.2) is 5.69 Å². The molecule has 0 aliphatic heterocycles. The number of esters is 1. The number of amides is 1. The Morgan fingerprint density at radius 3 is 2.73 bits per heavy atom. The highest BCUT2D eigenvalue weighted by atomic mass is 16.5. The number of carbonyl (C=O) groups is 2. The van der Waals surface area contributed by atoms with Crippen molar-refractivity contribution in [3.8, 4) is 5.69 Å². The van der Waals surface area contributed by atoms with Crippen LogP contribution in [0.25, 0.3) is 5.69 Å². The second kappa shape index (κ2) is 6.94. The zero-order valence-electron chi connectivity index (χ0n) is 15.0. The summed E-state index contributed by atoms with van der Waals surface area (Å²) >= 11 is 0. The Bertz CT molecular complexity index is 835. The van der Waals surface area contributed by atoms with Crippen molar-refractivity contribution in [3.63, 3.8) is 0 Å². The predicted molar refractivity (Wildman–Crippen MR) is 96.3 cm³/mol. The van der Waals surface area contributed by atoms with Gasteiger partial charge in [0.25, 0.3) is 5.91 Å². The Morgan fingerprint density at radius 1 is 1.23 bits per heavy atom. The molecule has 1 heterocycles. The third-order valence-corrected chi connectivity index (χ3v) is 4.99. The minimum atomic E-state index is -0.389. The van der Waals surface area contributed by atoms with Gasteiger partial charge < -0.3 is 10.1 Å². The number of benzene rings is 1. The van der Waals surface area contributed by atoms with Gasteiger partial charge in [-0.1, -0.05) is 17.7 Å². The maximum atomic E-state index is 12.6. The summed E-state index contributed by atoms with van der Waals surface area (Å²) in [5.41, 5.74) is 4.65. The average molecular weight is 353 g/mol. The molecule has 136 valence electrons. The van der Waals surface area contributed by atoms with Crippen LogP contribution < -0.4 is 5.32 Å². The first-order valence-electron chi connectivity index (χ1n) is 9.23. The standard InChI is InChI=1S/C20H23N3O3/c1-13-5-9-15(10-6-13)23-17-4-2-3-16(17)19(22-23)20(25)21-11-18(24)26-12-14-7-8-14/h5-6,9-10,14H,2-4,7-8,11-12H2,1H3,(H,21,25). The number of fused-ring (bicyclic) bond motifs is 1. The summed E-state index contributed by atoms with van der Waals surface area (Å²) in [7, 11) is 0. The molecular formula is C20H23N3O3. The van der Waals surface area contributed by atoms with E-state index in [1.165, 1.54) is 5.56 Å². The van der Waals surface area contributed by atoms with Gasteiger partial charge in [0.2, 0.25) is 0 Å². The van der Waals surface area contributed by atoms with E-state index in [1.54, 1.807) is 0 Å². The molecule has 6 nitrogen and oxygen atoms in total. The zero-order chi connectivity index (χ0) is 18.1. The molecule has 0 radical (unpaired) electrons. The van der Waals surface area contributed by atoms with Crippen LogP contribution >= 0.6 is 0 Å². The number of hydrogen-bond donors (Lipinski definition) is 1. The van der Waals surface area contributed by atoms with Crippen LogP contribution in [0, 0.1) is 12.8 Å². The number of carbonyl (C=O) groups excluding carboxylic acids is 2. The fraction of sp³-hybridized carbons (Fsp3) is 0.450. The van der Waals surface area contributed by atoms with Crippen LogP contribution in [0.1, 0.15) is 46.6 Å². The fourth-order valence-corrected chi connectivity index (χ4v) is 3.30. The Labute approximate surface area is 152 Å². The van der Waals surface area contributed by atoms with Gasteiger partial charge in [0, 0.05) is 11.3 Å². The molecule has 2 aliphatic carbocycles. The minimum absolute atomic E-state index is 0.113. The van der Waals surface area contributed by atoms with Gasteiger partial charge in [-0.2, -0.15) is 5.10 Å². The quantitative estimate of drug-likeness (QED) is 0.809. The third-order valence-electron chi connectivity index (χ3n) is 4.99. The molecule has 2 aromatic rings. The summed E-state index contributed by atoms with van der Waals surface area (Å²) in [6, 6.07) is 8.09. The summed E-state index contributed by atoms with van der Waals surface area (Å²) in [5.74, 6) is -0.180. The molecule has 1 fully saturated rings. The van der Waals surface area contributed by atoms with Gasteiger partial charge in [-0.15, -0.1) is 0 Å². The molecule has 2 aliphatic rings.